The summed E-state index contributed by atoms with van der Waals surface area (Å²) in [6, 6.07) is 8.26. The van der Waals surface area contributed by atoms with Crippen LogP contribution in [0.5, 0.6) is 5.75 Å². The minimum absolute atomic E-state index is 0.825. The van der Waals surface area contributed by atoms with Crippen molar-refractivity contribution in [2.24, 2.45) is 5.92 Å². The highest BCUT2D eigenvalue weighted by Crippen LogP contribution is 2.16. The van der Waals surface area contributed by atoms with E-state index in [2.05, 4.69) is 46.5 Å². The Morgan fingerprint density at radius 1 is 1.33 bits per heavy atom. The van der Waals surface area contributed by atoms with Crippen LogP contribution in [0.4, 0.5) is 0 Å². The first-order valence-corrected chi connectivity index (χ1v) is 7.92. The number of nitrogens with zero attached hydrogens (tertiary/aromatic N) is 1. The molecule has 100 valence electrons. The molecule has 1 saturated heterocycles. The Morgan fingerprint density at radius 2 is 2.11 bits per heavy atom. The largest absolute Gasteiger partial charge is 0.494 e. The quantitative estimate of drug-likeness (QED) is 0.586. The van der Waals surface area contributed by atoms with Crippen molar-refractivity contribution in [2.75, 3.05) is 26.2 Å². The zero-order chi connectivity index (χ0) is 12.8. The van der Waals surface area contributed by atoms with Gasteiger partial charge in [0.15, 0.2) is 0 Å². The van der Waals surface area contributed by atoms with Crippen molar-refractivity contribution in [3.8, 4) is 5.75 Å². The molecule has 0 N–H and O–H groups in total. The fourth-order valence-electron chi connectivity index (χ4n) is 2.50. The maximum absolute atomic E-state index is 5.75. The number of ether oxygens (including phenoxy) is 1. The number of rotatable bonds is 5. The van der Waals surface area contributed by atoms with Crippen LogP contribution in [-0.4, -0.2) is 31.1 Å². The van der Waals surface area contributed by atoms with Crippen LogP contribution in [0.3, 0.4) is 0 Å². The first kappa shape index (κ1) is 14.1. The van der Waals surface area contributed by atoms with E-state index in [1.807, 2.05) is 12.1 Å². The molecule has 0 radical (unpaired) electrons. The topological polar surface area (TPSA) is 12.5 Å². The lowest BCUT2D eigenvalue weighted by molar-refractivity contribution is 0.170. The number of hydrogen-bond donors (Lipinski definition) is 0. The summed E-state index contributed by atoms with van der Waals surface area (Å²) in [5, 5.41) is 0. The van der Waals surface area contributed by atoms with Crippen molar-refractivity contribution >= 4 is 22.6 Å². The van der Waals surface area contributed by atoms with Crippen LogP contribution in [0.1, 0.15) is 26.2 Å². The number of likely N-dealkylation sites (tertiary alicyclic amines) is 1. The Kier molecular flexibility index (Phi) is 5.76. The van der Waals surface area contributed by atoms with Crippen LogP contribution in [-0.2, 0) is 0 Å². The molecule has 1 aliphatic heterocycles. The second-order valence-corrected chi connectivity index (χ2v) is 6.45. The molecule has 1 fully saturated rings. The Bertz CT molecular complexity index is 352. The fraction of sp³-hybridized carbons (Fsp3) is 0.600. The molecule has 1 atom stereocenters. The summed E-state index contributed by atoms with van der Waals surface area (Å²) in [7, 11) is 0. The molecule has 3 heteroatoms. The van der Waals surface area contributed by atoms with Gasteiger partial charge in [0.25, 0.3) is 0 Å². The van der Waals surface area contributed by atoms with E-state index in [-0.39, 0.29) is 0 Å². The van der Waals surface area contributed by atoms with Gasteiger partial charge in [-0.15, -0.1) is 0 Å². The third-order valence-corrected chi connectivity index (χ3v) is 4.16. The first-order valence-electron chi connectivity index (χ1n) is 6.85. The lowest BCUT2D eigenvalue weighted by Crippen LogP contribution is -2.35. The minimum atomic E-state index is 0.825. The molecule has 0 saturated carbocycles. The van der Waals surface area contributed by atoms with Gasteiger partial charge in [0.1, 0.15) is 5.75 Å². The Hall–Kier alpha value is -0.290. The van der Waals surface area contributed by atoms with Gasteiger partial charge in [-0.25, -0.2) is 0 Å². The number of halogens is 1. The first-order chi connectivity index (χ1) is 8.74. The molecule has 1 aromatic carbocycles. The van der Waals surface area contributed by atoms with Gasteiger partial charge in [-0.2, -0.15) is 0 Å². The summed E-state index contributed by atoms with van der Waals surface area (Å²) >= 11 is 2.31. The molecule has 18 heavy (non-hydrogen) atoms. The summed E-state index contributed by atoms with van der Waals surface area (Å²) in [5.74, 6) is 1.86. The number of benzene rings is 1. The van der Waals surface area contributed by atoms with Gasteiger partial charge in [0, 0.05) is 16.7 Å². The van der Waals surface area contributed by atoms with Crippen LogP contribution in [0.2, 0.25) is 0 Å². The molecule has 0 spiro atoms. The third-order valence-electron chi connectivity index (χ3n) is 3.44. The molecule has 2 nitrogen and oxygen atoms in total. The van der Waals surface area contributed by atoms with Crippen molar-refractivity contribution in [3.05, 3.63) is 27.8 Å². The molecule has 2 rings (SSSR count). The number of piperidine rings is 1. The van der Waals surface area contributed by atoms with E-state index in [0.717, 1.165) is 24.7 Å². The Labute approximate surface area is 124 Å². The van der Waals surface area contributed by atoms with E-state index < -0.39 is 0 Å². The van der Waals surface area contributed by atoms with Gasteiger partial charge < -0.3 is 9.64 Å². The van der Waals surface area contributed by atoms with Crippen molar-refractivity contribution in [1.82, 2.24) is 4.90 Å². The van der Waals surface area contributed by atoms with E-state index in [4.69, 9.17) is 4.74 Å². The van der Waals surface area contributed by atoms with Crippen LogP contribution in [0, 0.1) is 9.49 Å². The normalized spacial score (nSPS) is 20.9. The maximum Gasteiger partial charge on any atom is 0.119 e. The second-order valence-electron chi connectivity index (χ2n) is 5.20. The van der Waals surface area contributed by atoms with E-state index in [9.17, 15) is 0 Å². The van der Waals surface area contributed by atoms with Crippen molar-refractivity contribution in [2.45, 2.75) is 26.2 Å². The summed E-state index contributed by atoms with van der Waals surface area (Å²) in [6.07, 6.45) is 3.88. The zero-order valence-electron chi connectivity index (χ0n) is 11.1. The summed E-state index contributed by atoms with van der Waals surface area (Å²) < 4.78 is 7.00. The molecule has 1 aromatic rings. The van der Waals surface area contributed by atoms with Crippen LogP contribution in [0.15, 0.2) is 24.3 Å². The van der Waals surface area contributed by atoms with Crippen molar-refractivity contribution in [3.63, 3.8) is 0 Å². The van der Waals surface area contributed by atoms with Crippen LogP contribution >= 0.6 is 22.6 Å². The molecule has 1 heterocycles. The Balaban J connectivity index is 1.62. The summed E-state index contributed by atoms with van der Waals surface area (Å²) in [6.45, 7) is 6.89. The van der Waals surface area contributed by atoms with E-state index >= 15 is 0 Å². The van der Waals surface area contributed by atoms with Crippen LogP contribution < -0.4 is 4.74 Å². The van der Waals surface area contributed by atoms with Gasteiger partial charge in [0.05, 0.1) is 6.61 Å². The predicted octanol–water partition coefficient (Wildman–Crippen LogP) is 3.79. The molecule has 1 unspecified atom stereocenters. The van der Waals surface area contributed by atoms with Crippen molar-refractivity contribution < 1.29 is 4.74 Å². The molecule has 0 aliphatic carbocycles. The van der Waals surface area contributed by atoms with E-state index in [1.165, 1.54) is 36.0 Å². The lowest BCUT2D eigenvalue weighted by Gasteiger charge is -2.30. The molecule has 0 amide bonds. The van der Waals surface area contributed by atoms with Gasteiger partial charge in [-0.1, -0.05) is 6.92 Å². The summed E-state index contributed by atoms with van der Waals surface area (Å²) in [5.41, 5.74) is 0. The SMILES string of the molecule is CC1CCCN(CCCOc2ccc(I)cc2)C1. The minimum Gasteiger partial charge on any atom is -0.494 e. The molecule has 1 aliphatic rings. The average Bonchev–Trinajstić information content (AvgIpc) is 2.37. The smallest absolute Gasteiger partial charge is 0.119 e. The highest BCUT2D eigenvalue weighted by Gasteiger charge is 2.15. The summed E-state index contributed by atoms with van der Waals surface area (Å²) in [4.78, 5) is 2.57. The van der Waals surface area contributed by atoms with Gasteiger partial charge in [0.2, 0.25) is 0 Å². The highest BCUT2D eigenvalue weighted by atomic mass is 127. The predicted molar refractivity (Wildman–Crippen MR) is 84.1 cm³/mol. The number of hydrogen-bond acceptors (Lipinski definition) is 2. The lowest BCUT2D eigenvalue weighted by atomic mass is 10.0. The monoisotopic (exact) mass is 359 g/mol. The molecular formula is C15H22INO. The van der Waals surface area contributed by atoms with Crippen molar-refractivity contribution in [1.29, 1.82) is 0 Å². The molecule has 0 bridgehead atoms. The van der Waals surface area contributed by atoms with Gasteiger partial charge in [-0.05, 0) is 78.6 Å². The Morgan fingerprint density at radius 3 is 2.83 bits per heavy atom. The fourth-order valence-corrected chi connectivity index (χ4v) is 2.86. The highest BCUT2D eigenvalue weighted by molar-refractivity contribution is 14.1. The average molecular weight is 359 g/mol. The van der Waals surface area contributed by atoms with Crippen LogP contribution in [0.25, 0.3) is 0 Å². The maximum atomic E-state index is 5.75. The molecule has 0 aromatic heterocycles. The van der Waals surface area contributed by atoms with E-state index in [1.54, 1.807) is 0 Å². The second kappa shape index (κ2) is 7.34. The van der Waals surface area contributed by atoms with Gasteiger partial charge in [-0.3, -0.25) is 0 Å². The third kappa shape index (κ3) is 4.76. The molecular weight excluding hydrogens is 337 g/mol. The standard InChI is InChI=1S/C15H22INO/c1-13-4-2-9-17(12-13)10-3-11-18-15-7-5-14(16)6-8-15/h5-8,13H,2-4,9-12H2,1H3. The van der Waals surface area contributed by atoms with E-state index in [0.29, 0.717) is 0 Å². The van der Waals surface area contributed by atoms with Gasteiger partial charge >= 0.3 is 0 Å². The zero-order valence-corrected chi connectivity index (χ0v) is 13.2.